The molecule has 3 rings (SSSR count). The molecule has 1 N–H and O–H groups in total. The average molecular weight is 560 g/mol. The van der Waals surface area contributed by atoms with Gasteiger partial charge >= 0.3 is 0 Å². The maximum atomic E-state index is 13.5. The maximum absolute atomic E-state index is 13.5. The van der Waals surface area contributed by atoms with Gasteiger partial charge < -0.3 is 19.7 Å². The minimum absolute atomic E-state index is 0.115. The van der Waals surface area contributed by atoms with Crippen molar-refractivity contribution in [1.82, 2.24) is 10.2 Å². The van der Waals surface area contributed by atoms with Crippen LogP contribution in [0.25, 0.3) is 0 Å². The second-order valence-electron chi connectivity index (χ2n) is 9.66. The van der Waals surface area contributed by atoms with Crippen molar-refractivity contribution in [2.45, 2.75) is 58.4 Å². The van der Waals surface area contributed by atoms with Gasteiger partial charge in [0.05, 0.1) is 11.9 Å². The monoisotopic (exact) mass is 559 g/mol. The minimum Gasteiger partial charge on any atom is -0.486 e. The van der Waals surface area contributed by atoms with Gasteiger partial charge in [-0.25, -0.2) is 8.42 Å². The molecule has 0 bridgehead atoms. The summed E-state index contributed by atoms with van der Waals surface area (Å²) < 4.78 is 37.7. The van der Waals surface area contributed by atoms with Crippen molar-refractivity contribution in [2.24, 2.45) is 0 Å². The Labute approximate surface area is 232 Å². The average Bonchev–Trinajstić information content (AvgIpc) is 2.93. The highest BCUT2D eigenvalue weighted by Crippen LogP contribution is 2.34. The van der Waals surface area contributed by atoms with Crippen molar-refractivity contribution < 1.29 is 27.5 Å². The fraction of sp³-hybridized carbons (Fsp3) is 0.517. The van der Waals surface area contributed by atoms with E-state index in [4.69, 9.17) is 9.47 Å². The Bertz CT molecular complexity index is 1190. The lowest BCUT2D eigenvalue weighted by Gasteiger charge is -2.31. The van der Waals surface area contributed by atoms with E-state index in [0.717, 1.165) is 24.7 Å². The van der Waals surface area contributed by atoms with Crippen molar-refractivity contribution in [3.8, 4) is 11.5 Å². The molecular weight excluding hydrogens is 518 g/mol. The molecule has 1 heterocycles. The first-order chi connectivity index (χ1) is 18.7. The molecule has 39 heavy (non-hydrogen) atoms. The maximum Gasteiger partial charge on any atom is 0.242 e. The van der Waals surface area contributed by atoms with E-state index in [1.807, 2.05) is 37.3 Å². The van der Waals surface area contributed by atoms with Crippen molar-refractivity contribution in [3.63, 3.8) is 0 Å². The van der Waals surface area contributed by atoms with Crippen molar-refractivity contribution in [3.05, 3.63) is 54.1 Å². The summed E-state index contributed by atoms with van der Waals surface area (Å²) in [4.78, 5) is 28.2. The number of fused-ring (bicyclic) bond motifs is 1. The minimum atomic E-state index is -3.61. The third-order valence-corrected chi connectivity index (χ3v) is 7.86. The summed E-state index contributed by atoms with van der Waals surface area (Å²) in [6.45, 7) is 5.90. The van der Waals surface area contributed by atoms with Crippen LogP contribution in [0.1, 0.15) is 51.5 Å². The standard InChI is InChI=1S/C29H41N3O6S/c1-4-6-17-30-29(34)25(5-2)31(19-16-23-11-8-7-9-12-23)28(33)13-10-18-32(39(3,35)36)24-14-15-26-27(22-24)38-21-20-37-26/h7-9,11-12,14-15,22,25H,4-6,10,13,16-21H2,1-3H3,(H,30,34)/t25-/m0/s1. The molecule has 0 aliphatic carbocycles. The molecule has 0 aromatic heterocycles. The topological polar surface area (TPSA) is 105 Å². The molecular formula is C29H41N3O6S. The summed E-state index contributed by atoms with van der Waals surface area (Å²) >= 11 is 0. The number of carbonyl (C=O) groups is 2. The van der Waals surface area contributed by atoms with Gasteiger partial charge in [-0.05, 0) is 43.4 Å². The van der Waals surface area contributed by atoms with Crippen LogP contribution in [0.3, 0.4) is 0 Å². The summed E-state index contributed by atoms with van der Waals surface area (Å²) in [6, 6.07) is 14.3. The smallest absolute Gasteiger partial charge is 0.242 e. The van der Waals surface area contributed by atoms with E-state index in [0.29, 0.717) is 62.8 Å². The number of amides is 2. The van der Waals surface area contributed by atoms with Gasteiger partial charge in [0, 0.05) is 32.1 Å². The number of sulfonamides is 1. The number of anilines is 1. The second-order valence-corrected chi connectivity index (χ2v) is 11.6. The van der Waals surface area contributed by atoms with Crippen LogP contribution in [-0.2, 0) is 26.0 Å². The number of hydrogen-bond donors (Lipinski definition) is 1. The zero-order valence-corrected chi connectivity index (χ0v) is 24.0. The highest BCUT2D eigenvalue weighted by Gasteiger charge is 2.28. The molecule has 0 spiro atoms. The molecule has 2 aromatic rings. The number of benzene rings is 2. The Hall–Kier alpha value is -3.27. The molecule has 0 radical (unpaired) electrons. The van der Waals surface area contributed by atoms with E-state index >= 15 is 0 Å². The first-order valence-corrected chi connectivity index (χ1v) is 15.6. The van der Waals surface area contributed by atoms with Gasteiger partial charge in [-0.3, -0.25) is 13.9 Å². The van der Waals surface area contributed by atoms with Crippen LogP contribution in [0.4, 0.5) is 5.69 Å². The SMILES string of the molecule is CCCCNC(=O)[C@H](CC)N(CCc1ccccc1)C(=O)CCCN(c1ccc2c(c1)OCCO2)S(C)(=O)=O. The van der Waals surface area contributed by atoms with Gasteiger partial charge in [-0.15, -0.1) is 0 Å². The zero-order chi connectivity index (χ0) is 28.3. The molecule has 0 fully saturated rings. The summed E-state index contributed by atoms with van der Waals surface area (Å²) in [5, 5.41) is 2.97. The van der Waals surface area contributed by atoms with Crippen LogP contribution < -0.4 is 19.1 Å². The van der Waals surface area contributed by atoms with Crippen LogP contribution in [0, 0.1) is 0 Å². The Morgan fingerprint density at radius 1 is 0.974 bits per heavy atom. The van der Waals surface area contributed by atoms with Gasteiger partial charge in [0.25, 0.3) is 0 Å². The van der Waals surface area contributed by atoms with Crippen LogP contribution in [0.5, 0.6) is 11.5 Å². The predicted octanol–water partition coefficient (Wildman–Crippen LogP) is 3.77. The number of ether oxygens (including phenoxy) is 2. The second kappa shape index (κ2) is 14.8. The highest BCUT2D eigenvalue weighted by atomic mass is 32.2. The van der Waals surface area contributed by atoms with Crippen LogP contribution in [0.15, 0.2) is 48.5 Å². The summed E-state index contributed by atoms with van der Waals surface area (Å²) in [6.07, 6.45) is 4.52. The Morgan fingerprint density at radius 3 is 2.36 bits per heavy atom. The van der Waals surface area contributed by atoms with E-state index < -0.39 is 16.1 Å². The van der Waals surface area contributed by atoms with E-state index in [2.05, 4.69) is 12.2 Å². The molecule has 2 amide bonds. The van der Waals surface area contributed by atoms with Gasteiger partial charge in [0.15, 0.2) is 11.5 Å². The Kier molecular flexibility index (Phi) is 11.5. The molecule has 0 saturated heterocycles. The number of nitrogens with one attached hydrogen (secondary N) is 1. The third-order valence-electron chi connectivity index (χ3n) is 6.67. The number of hydrogen-bond acceptors (Lipinski definition) is 6. The van der Waals surface area contributed by atoms with Gasteiger partial charge in [0.1, 0.15) is 19.3 Å². The zero-order valence-electron chi connectivity index (χ0n) is 23.2. The quantitative estimate of drug-likeness (QED) is 0.333. The number of unbranched alkanes of at least 4 members (excludes halogenated alkanes) is 1. The first-order valence-electron chi connectivity index (χ1n) is 13.7. The largest absolute Gasteiger partial charge is 0.486 e. The van der Waals surface area contributed by atoms with Crippen molar-refractivity contribution >= 4 is 27.5 Å². The van der Waals surface area contributed by atoms with Crippen molar-refractivity contribution in [2.75, 3.05) is 43.4 Å². The predicted molar refractivity (Wildman–Crippen MR) is 153 cm³/mol. The van der Waals surface area contributed by atoms with E-state index in [9.17, 15) is 18.0 Å². The number of carbonyl (C=O) groups excluding carboxylic acids is 2. The molecule has 214 valence electrons. The molecule has 0 unspecified atom stereocenters. The number of rotatable bonds is 15. The number of nitrogens with zero attached hydrogens (tertiary/aromatic N) is 2. The van der Waals surface area contributed by atoms with Crippen molar-refractivity contribution in [1.29, 1.82) is 0 Å². The Morgan fingerprint density at radius 2 is 1.69 bits per heavy atom. The molecule has 10 heteroatoms. The van der Waals surface area contributed by atoms with Gasteiger partial charge in [-0.1, -0.05) is 50.6 Å². The fourth-order valence-electron chi connectivity index (χ4n) is 4.59. The molecule has 1 aliphatic heterocycles. The van der Waals surface area contributed by atoms with Crippen LogP contribution in [0.2, 0.25) is 0 Å². The Balaban J connectivity index is 1.71. The fourth-order valence-corrected chi connectivity index (χ4v) is 5.55. The summed E-state index contributed by atoms with van der Waals surface area (Å²) in [5.41, 5.74) is 1.54. The normalized spacial score (nSPS) is 13.4. The molecule has 0 saturated carbocycles. The van der Waals surface area contributed by atoms with Gasteiger partial charge in [-0.2, -0.15) is 0 Å². The first kappa shape index (κ1) is 30.3. The highest BCUT2D eigenvalue weighted by molar-refractivity contribution is 7.92. The molecule has 2 aromatic carbocycles. The van der Waals surface area contributed by atoms with E-state index in [1.54, 1.807) is 23.1 Å². The lowest BCUT2D eigenvalue weighted by molar-refractivity contribution is -0.140. The van der Waals surface area contributed by atoms with Crippen LogP contribution in [-0.4, -0.2) is 70.3 Å². The molecule has 1 atom stereocenters. The molecule has 9 nitrogen and oxygen atoms in total. The third kappa shape index (κ3) is 8.88. The summed E-state index contributed by atoms with van der Waals surface area (Å²) in [7, 11) is -3.61. The van der Waals surface area contributed by atoms with E-state index in [-0.39, 0.29) is 24.8 Å². The lowest BCUT2D eigenvalue weighted by Crippen LogP contribution is -2.50. The van der Waals surface area contributed by atoms with Gasteiger partial charge in [0.2, 0.25) is 21.8 Å². The molecule has 1 aliphatic rings. The van der Waals surface area contributed by atoms with Crippen LogP contribution >= 0.6 is 0 Å². The van der Waals surface area contributed by atoms with E-state index in [1.165, 1.54) is 4.31 Å². The lowest BCUT2D eigenvalue weighted by atomic mass is 10.1. The summed E-state index contributed by atoms with van der Waals surface area (Å²) in [5.74, 6) is 0.751.